The highest BCUT2D eigenvalue weighted by Crippen LogP contribution is 2.17. The molecule has 0 aromatic carbocycles. The number of nitrogens with one attached hydrogen (secondary N) is 1. The molecule has 1 amide bonds. The number of amides is 1. The minimum absolute atomic E-state index is 0.100. The maximum absolute atomic E-state index is 12.0. The molecule has 21 heavy (non-hydrogen) atoms. The third-order valence-electron chi connectivity index (χ3n) is 2.52. The highest BCUT2D eigenvalue weighted by molar-refractivity contribution is 7.14. The molecule has 0 unspecified atom stereocenters. The molecule has 1 N–H and O–H groups in total. The van der Waals surface area contributed by atoms with Crippen molar-refractivity contribution in [1.29, 1.82) is 0 Å². The monoisotopic (exact) mass is 305 g/mol. The normalized spacial score (nSPS) is 10.2. The predicted octanol–water partition coefficient (Wildman–Crippen LogP) is 2.20. The van der Waals surface area contributed by atoms with E-state index in [0.29, 0.717) is 23.1 Å². The van der Waals surface area contributed by atoms with Crippen molar-refractivity contribution in [1.82, 2.24) is 9.97 Å². The lowest BCUT2D eigenvalue weighted by Crippen LogP contribution is -2.14. The molecule has 110 valence electrons. The van der Waals surface area contributed by atoms with Gasteiger partial charge in [0.05, 0.1) is 18.7 Å². The largest absolute Gasteiger partial charge is 0.466 e. The summed E-state index contributed by atoms with van der Waals surface area (Å²) in [5.74, 6) is -0.656. The van der Waals surface area contributed by atoms with Gasteiger partial charge >= 0.3 is 5.97 Å². The van der Waals surface area contributed by atoms with Crippen LogP contribution in [0.15, 0.2) is 23.6 Å². The Balaban J connectivity index is 1.99. The summed E-state index contributed by atoms with van der Waals surface area (Å²) in [4.78, 5) is 31.7. The predicted molar refractivity (Wildman–Crippen MR) is 79.4 cm³/mol. The van der Waals surface area contributed by atoms with E-state index in [1.54, 1.807) is 24.4 Å². The second-order valence-electron chi connectivity index (χ2n) is 4.24. The molecule has 0 aliphatic rings. The first-order valence-corrected chi connectivity index (χ1v) is 7.31. The topological polar surface area (TPSA) is 81.2 Å². The van der Waals surface area contributed by atoms with Crippen molar-refractivity contribution in [2.75, 3.05) is 11.9 Å². The molecule has 0 saturated heterocycles. The molecule has 0 bridgehead atoms. The zero-order valence-electron chi connectivity index (χ0n) is 11.8. The van der Waals surface area contributed by atoms with Crippen LogP contribution in [0.2, 0.25) is 0 Å². The number of rotatable bonds is 5. The maximum Gasteiger partial charge on any atom is 0.311 e. The number of aromatic nitrogens is 2. The number of carbonyl (C=O) groups excluding carboxylic acids is 2. The number of ether oxygens (including phenoxy) is 1. The van der Waals surface area contributed by atoms with Crippen LogP contribution in [0.3, 0.4) is 0 Å². The first-order chi connectivity index (χ1) is 10.1. The van der Waals surface area contributed by atoms with Crippen LogP contribution in [0.25, 0.3) is 0 Å². The smallest absolute Gasteiger partial charge is 0.311 e. The van der Waals surface area contributed by atoms with Crippen LogP contribution in [0.1, 0.15) is 28.8 Å². The Morgan fingerprint density at radius 3 is 2.86 bits per heavy atom. The maximum atomic E-state index is 12.0. The zero-order valence-corrected chi connectivity index (χ0v) is 12.6. The number of anilines is 1. The van der Waals surface area contributed by atoms with Gasteiger partial charge in [-0.1, -0.05) is 6.07 Å². The van der Waals surface area contributed by atoms with Crippen LogP contribution < -0.4 is 5.32 Å². The molecule has 0 fully saturated rings. The summed E-state index contributed by atoms with van der Waals surface area (Å²) in [6.07, 6.45) is 0.100. The third kappa shape index (κ3) is 4.35. The van der Waals surface area contributed by atoms with Crippen molar-refractivity contribution < 1.29 is 14.3 Å². The van der Waals surface area contributed by atoms with E-state index in [1.165, 1.54) is 11.3 Å². The fraction of sp³-hybridized carbons (Fsp3) is 0.286. The second kappa shape index (κ2) is 6.94. The lowest BCUT2D eigenvalue weighted by atomic mass is 10.3. The fourth-order valence-corrected chi connectivity index (χ4v) is 2.34. The Morgan fingerprint density at radius 2 is 2.14 bits per heavy atom. The van der Waals surface area contributed by atoms with Gasteiger partial charge in [0, 0.05) is 11.1 Å². The standard InChI is InChI=1S/C14H15N3O3S/c1-3-20-12(18)7-10-8-21-14(16-10)17-13(19)11-6-4-5-9(2)15-11/h4-6,8H,3,7H2,1-2H3,(H,16,17,19). The van der Waals surface area contributed by atoms with Crippen molar-refractivity contribution in [3.63, 3.8) is 0 Å². The quantitative estimate of drug-likeness (QED) is 0.856. The van der Waals surface area contributed by atoms with Gasteiger partial charge in [-0.2, -0.15) is 0 Å². The minimum atomic E-state index is -0.332. The van der Waals surface area contributed by atoms with E-state index in [-0.39, 0.29) is 18.3 Å². The first-order valence-electron chi connectivity index (χ1n) is 6.43. The van der Waals surface area contributed by atoms with E-state index >= 15 is 0 Å². The summed E-state index contributed by atoms with van der Waals surface area (Å²) in [6.45, 7) is 3.91. The van der Waals surface area contributed by atoms with E-state index in [1.807, 2.05) is 13.0 Å². The summed E-state index contributed by atoms with van der Waals surface area (Å²) >= 11 is 1.26. The molecule has 6 nitrogen and oxygen atoms in total. The summed E-state index contributed by atoms with van der Waals surface area (Å²) in [6, 6.07) is 5.22. The molecule has 0 spiro atoms. The molecule has 0 saturated carbocycles. The van der Waals surface area contributed by atoms with Crippen LogP contribution >= 0.6 is 11.3 Å². The van der Waals surface area contributed by atoms with Crippen LogP contribution in [0, 0.1) is 6.92 Å². The Labute approximate surface area is 126 Å². The third-order valence-corrected chi connectivity index (χ3v) is 3.33. The first kappa shape index (κ1) is 15.1. The van der Waals surface area contributed by atoms with Gasteiger partial charge in [-0.25, -0.2) is 9.97 Å². The highest BCUT2D eigenvalue weighted by atomic mass is 32.1. The molecule has 7 heteroatoms. The van der Waals surface area contributed by atoms with E-state index in [9.17, 15) is 9.59 Å². The number of nitrogens with zero attached hydrogens (tertiary/aromatic N) is 2. The molecular formula is C14H15N3O3S. The average Bonchev–Trinajstić information content (AvgIpc) is 2.86. The van der Waals surface area contributed by atoms with E-state index in [0.717, 1.165) is 5.69 Å². The SMILES string of the molecule is CCOC(=O)Cc1csc(NC(=O)c2cccc(C)n2)n1. The second-order valence-corrected chi connectivity index (χ2v) is 5.10. The zero-order chi connectivity index (χ0) is 15.2. The fourth-order valence-electron chi connectivity index (χ4n) is 1.64. The van der Waals surface area contributed by atoms with Gasteiger partial charge < -0.3 is 4.74 Å². The molecular weight excluding hydrogens is 290 g/mol. The van der Waals surface area contributed by atoms with Crippen molar-refractivity contribution in [3.8, 4) is 0 Å². The summed E-state index contributed by atoms with van der Waals surface area (Å²) in [5, 5.41) is 4.82. The van der Waals surface area contributed by atoms with Crippen LogP contribution in [-0.4, -0.2) is 28.5 Å². The van der Waals surface area contributed by atoms with Gasteiger partial charge in [0.1, 0.15) is 5.69 Å². The number of pyridine rings is 1. The number of hydrogen-bond acceptors (Lipinski definition) is 6. The van der Waals surface area contributed by atoms with Gasteiger partial charge in [-0.3, -0.25) is 14.9 Å². The highest BCUT2D eigenvalue weighted by Gasteiger charge is 2.12. The van der Waals surface area contributed by atoms with Crippen molar-refractivity contribution in [2.24, 2.45) is 0 Å². The van der Waals surface area contributed by atoms with Crippen molar-refractivity contribution in [2.45, 2.75) is 20.3 Å². The number of thiazole rings is 1. The molecule has 2 aromatic rings. The van der Waals surface area contributed by atoms with E-state index in [2.05, 4.69) is 15.3 Å². The minimum Gasteiger partial charge on any atom is -0.466 e. The molecule has 2 aromatic heterocycles. The van der Waals surface area contributed by atoms with Crippen molar-refractivity contribution >= 4 is 28.3 Å². The number of hydrogen-bond donors (Lipinski definition) is 1. The lowest BCUT2D eigenvalue weighted by Gasteiger charge is -2.01. The van der Waals surface area contributed by atoms with Gasteiger partial charge in [-0.05, 0) is 26.0 Å². The number of esters is 1. The van der Waals surface area contributed by atoms with Gasteiger partial charge in [0.15, 0.2) is 5.13 Å². The van der Waals surface area contributed by atoms with Gasteiger partial charge in [0.2, 0.25) is 0 Å². The van der Waals surface area contributed by atoms with Gasteiger partial charge in [0.25, 0.3) is 5.91 Å². The summed E-state index contributed by atoms with van der Waals surface area (Å²) in [7, 11) is 0. The van der Waals surface area contributed by atoms with Crippen LogP contribution in [-0.2, 0) is 16.0 Å². The molecule has 0 aliphatic carbocycles. The lowest BCUT2D eigenvalue weighted by molar-refractivity contribution is -0.142. The van der Waals surface area contributed by atoms with Gasteiger partial charge in [-0.15, -0.1) is 11.3 Å². The van der Waals surface area contributed by atoms with Crippen LogP contribution in [0.4, 0.5) is 5.13 Å². The van der Waals surface area contributed by atoms with E-state index < -0.39 is 0 Å². The molecule has 0 radical (unpaired) electrons. The Morgan fingerprint density at radius 1 is 1.33 bits per heavy atom. The Kier molecular flexibility index (Phi) is 4.99. The molecule has 0 atom stereocenters. The van der Waals surface area contributed by atoms with Crippen molar-refractivity contribution in [3.05, 3.63) is 40.7 Å². The Bertz CT molecular complexity index is 654. The summed E-state index contributed by atoms with van der Waals surface area (Å²) < 4.78 is 4.85. The average molecular weight is 305 g/mol. The molecule has 0 aliphatic heterocycles. The number of aryl methyl sites for hydroxylation is 1. The van der Waals surface area contributed by atoms with E-state index in [4.69, 9.17) is 4.74 Å². The summed E-state index contributed by atoms with van der Waals surface area (Å²) in [5.41, 5.74) is 1.67. The van der Waals surface area contributed by atoms with Crippen LogP contribution in [0.5, 0.6) is 0 Å². The Hall–Kier alpha value is -2.28. The number of carbonyl (C=O) groups is 2. The molecule has 2 heterocycles. The molecule has 2 rings (SSSR count).